The van der Waals surface area contributed by atoms with Gasteiger partial charge in [0.15, 0.2) is 23.1 Å². The van der Waals surface area contributed by atoms with E-state index in [1.54, 1.807) is 6.92 Å². The number of Topliss-reactive ketones (excluding diaryl/α,β-unsaturated/α-hetero) is 4. The largest absolute Gasteiger partial charge is 0.453 e. The second-order valence-corrected chi connectivity index (χ2v) is 12.2. The lowest BCUT2D eigenvalue weighted by atomic mass is 9.96. The van der Waals surface area contributed by atoms with Gasteiger partial charge < -0.3 is 45.0 Å². The minimum Gasteiger partial charge on any atom is -0.453 e. The maximum Gasteiger partial charge on any atom is 0.407 e. The molecule has 0 aromatic rings. The molecule has 0 aliphatic heterocycles. The molecule has 0 fully saturated rings. The molecule has 0 spiro atoms. The molecule has 298 valence electrons. The lowest BCUT2D eigenvalue weighted by molar-refractivity contribution is -0.122. The first-order valence-electron chi connectivity index (χ1n) is 16.4. The number of methoxy groups -OCH3 is 5. The van der Waals surface area contributed by atoms with Gasteiger partial charge in [0.25, 0.3) is 0 Å². The first-order valence-corrected chi connectivity index (χ1v) is 16.4. The van der Waals surface area contributed by atoms with Crippen LogP contribution in [0.1, 0.15) is 89.0 Å². The maximum absolute atomic E-state index is 11.1. The minimum atomic E-state index is -0.655. The zero-order valence-corrected chi connectivity index (χ0v) is 33.3. The molecule has 0 heterocycles. The van der Waals surface area contributed by atoms with Crippen LogP contribution in [0.2, 0.25) is 0 Å². The second-order valence-electron chi connectivity index (χ2n) is 12.2. The smallest absolute Gasteiger partial charge is 0.407 e. The Morgan fingerprint density at radius 2 is 0.824 bits per heavy atom. The van der Waals surface area contributed by atoms with Crippen molar-refractivity contribution in [3.8, 4) is 0 Å². The van der Waals surface area contributed by atoms with Crippen LogP contribution in [-0.2, 0) is 42.9 Å². The summed E-state index contributed by atoms with van der Waals surface area (Å²) in [6.07, 6.45) is -1.19. The van der Waals surface area contributed by atoms with Gasteiger partial charge in [0, 0.05) is 7.11 Å². The average Bonchev–Trinajstić information content (AvgIpc) is 3.06. The molecule has 51 heavy (non-hydrogen) atoms. The number of carbonyl (C=O) groups is 8. The quantitative estimate of drug-likeness (QED) is 0.175. The molecule has 0 aliphatic rings. The van der Waals surface area contributed by atoms with E-state index < -0.39 is 48.5 Å². The lowest BCUT2D eigenvalue weighted by Gasteiger charge is -2.20. The first kappa shape index (κ1) is 53.5. The van der Waals surface area contributed by atoms with Gasteiger partial charge in [-0.1, -0.05) is 48.0 Å². The topological polar surface area (TPSA) is 231 Å². The molecular weight excluding hydrogens is 672 g/mol. The van der Waals surface area contributed by atoms with Crippen LogP contribution in [0.5, 0.6) is 0 Å². The van der Waals surface area contributed by atoms with Crippen LogP contribution < -0.4 is 21.3 Å². The molecule has 4 N–H and O–H groups in total. The predicted molar refractivity (Wildman–Crippen MR) is 190 cm³/mol. The van der Waals surface area contributed by atoms with E-state index in [9.17, 15) is 38.4 Å². The van der Waals surface area contributed by atoms with E-state index in [-0.39, 0.29) is 41.1 Å². The Kier molecular flexibility index (Phi) is 32.0. The Hall–Kier alpha value is -4.28. The minimum absolute atomic E-state index is 0.0419. The number of hydrogen-bond acceptors (Lipinski definition) is 13. The van der Waals surface area contributed by atoms with Gasteiger partial charge in [-0.3, -0.25) is 19.2 Å². The SMILES string of the molecule is CCC(C)C(NC(=O)OC)C(C)=O.COC(=O)NC(C(C)=O)C(C)C.COC(=O)NC(C(C)=O)C(C)OC.COC(=O)NC(CC(C)C)C(C)=O. The summed E-state index contributed by atoms with van der Waals surface area (Å²) >= 11 is 0. The summed E-state index contributed by atoms with van der Waals surface area (Å²) in [5.41, 5.74) is 0. The molecule has 0 rings (SSSR count). The Labute approximate surface area is 303 Å². The van der Waals surface area contributed by atoms with Crippen LogP contribution in [0, 0.1) is 17.8 Å². The van der Waals surface area contributed by atoms with Crippen LogP contribution in [0.25, 0.3) is 0 Å². The van der Waals surface area contributed by atoms with Crippen LogP contribution >= 0.6 is 0 Å². The molecule has 0 saturated carbocycles. The molecule has 17 heteroatoms. The highest BCUT2D eigenvalue weighted by Gasteiger charge is 2.24. The Morgan fingerprint density at radius 3 is 1.08 bits per heavy atom. The van der Waals surface area contributed by atoms with Gasteiger partial charge in [-0.15, -0.1) is 0 Å². The van der Waals surface area contributed by atoms with Crippen molar-refractivity contribution in [2.75, 3.05) is 35.5 Å². The van der Waals surface area contributed by atoms with Crippen molar-refractivity contribution < 1.29 is 62.0 Å². The number of alkyl carbamates (subject to hydrolysis) is 4. The molecule has 6 atom stereocenters. The van der Waals surface area contributed by atoms with Gasteiger partial charge in [0.05, 0.1) is 52.7 Å². The van der Waals surface area contributed by atoms with Gasteiger partial charge >= 0.3 is 24.4 Å². The summed E-state index contributed by atoms with van der Waals surface area (Å²) in [6, 6.07) is -1.96. The molecule has 0 aliphatic carbocycles. The third kappa shape index (κ3) is 28.1. The number of hydrogen-bond donors (Lipinski definition) is 4. The van der Waals surface area contributed by atoms with Crippen molar-refractivity contribution in [2.45, 2.75) is 119 Å². The molecule has 0 bridgehead atoms. The highest BCUT2D eigenvalue weighted by molar-refractivity contribution is 5.87. The summed E-state index contributed by atoms with van der Waals surface area (Å²) in [5, 5.41) is 9.83. The zero-order chi connectivity index (χ0) is 41.0. The van der Waals surface area contributed by atoms with Crippen molar-refractivity contribution in [3.05, 3.63) is 0 Å². The van der Waals surface area contributed by atoms with Gasteiger partial charge in [-0.05, 0) is 58.8 Å². The van der Waals surface area contributed by atoms with E-state index >= 15 is 0 Å². The van der Waals surface area contributed by atoms with E-state index in [2.05, 4.69) is 40.2 Å². The molecule has 6 unspecified atom stereocenters. The Bertz CT molecular complexity index is 1040. The maximum atomic E-state index is 11.1. The average molecular weight is 737 g/mol. The van der Waals surface area contributed by atoms with Crippen LogP contribution in [0.4, 0.5) is 19.2 Å². The molecular formula is C34H64N4O13. The number of carbonyl (C=O) groups excluding carboxylic acids is 8. The van der Waals surface area contributed by atoms with E-state index in [0.29, 0.717) is 12.3 Å². The fourth-order valence-corrected chi connectivity index (χ4v) is 3.86. The van der Waals surface area contributed by atoms with Crippen molar-refractivity contribution in [1.29, 1.82) is 0 Å². The Balaban J connectivity index is -0.000000289. The van der Waals surface area contributed by atoms with E-state index in [0.717, 1.165) is 6.42 Å². The normalized spacial score (nSPS) is 13.5. The number of rotatable bonds is 15. The summed E-state index contributed by atoms with van der Waals surface area (Å²) in [4.78, 5) is 87.4. The van der Waals surface area contributed by atoms with Gasteiger partial charge in [0.2, 0.25) is 0 Å². The van der Waals surface area contributed by atoms with Crippen molar-refractivity contribution in [1.82, 2.24) is 21.3 Å². The highest BCUT2D eigenvalue weighted by atomic mass is 16.6. The predicted octanol–water partition coefficient (Wildman–Crippen LogP) is 3.98. The van der Waals surface area contributed by atoms with Gasteiger partial charge in [-0.25, -0.2) is 19.2 Å². The fourth-order valence-electron chi connectivity index (χ4n) is 3.86. The molecule has 0 radical (unpaired) electrons. The summed E-state index contributed by atoms with van der Waals surface area (Å²) in [7, 11) is 6.54. The van der Waals surface area contributed by atoms with Gasteiger partial charge in [-0.2, -0.15) is 0 Å². The highest BCUT2D eigenvalue weighted by Crippen LogP contribution is 2.09. The zero-order valence-electron chi connectivity index (χ0n) is 33.3. The summed E-state index contributed by atoms with van der Waals surface area (Å²) < 4.78 is 22.5. The van der Waals surface area contributed by atoms with Crippen LogP contribution in [0.15, 0.2) is 0 Å². The fraction of sp³-hybridized carbons (Fsp3) is 0.765. The first-order chi connectivity index (χ1) is 23.5. The van der Waals surface area contributed by atoms with Crippen molar-refractivity contribution in [3.63, 3.8) is 0 Å². The number of amides is 4. The lowest BCUT2D eigenvalue weighted by Crippen LogP contribution is -2.47. The van der Waals surface area contributed by atoms with E-state index in [1.807, 2.05) is 41.5 Å². The number of nitrogens with one attached hydrogen (secondary N) is 4. The molecule has 0 aromatic heterocycles. The standard InChI is InChI=1S/2C9H17NO3.C8H15NO4.C8H15NO3/c1-6(2)5-8(7(3)11)10-9(12)13-4;1-5-6(2)8(7(3)11)10-9(12)13-4;1-5(10)7(6(2)12-3)9-8(11)13-4;1-5(2)7(6(3)10)9-8(11)12-4/h2*6,8H,5H2,1-4H3,(H,10,12);6-7H,1-4H3,(H,9,11);5,7H,1-4H3,(H,9,11). The third-order valence-electron chi connectivity index (χ3n) is 7.09. The van der Waals surface area contributed by atoms with Gasteiger partial charge in [0.1, 0.15) is 6.04 Å². The summed E-state index contributed by atoms with van der Waals surface area (Å²) in [5.74, 6) is 0.276. The molecule has 0 aromatic carbocycles. The molecule has 0 saturated heterocycles. The van der Waals surface area contributed by atoms with Crippen LogP contribution in [-0.4, -0.2) is 113 Å². The third-order valence-corrected chi connectivity index (χ3v) is 7.09. The number of ether oxygens (including phenoxy) is 5. The van der Waals surface area contributed by atoms with Crippen molar-refractivity contribution in [2.24, 2.45) is 17.8 Å². The monoisotopic (exact) mass is 736 g/mol. The van der Waals surface area contributed by atoms with E-state index in [1.165, 1.54) is 63.2 Å². The molecule has 17 nitrogen and oxygen atoms in total. The number of ketones is 4. The van der Waals surface area contributed by atoms with E-state index in [4.69, 9.17) is 4.74 Å². The summed E-state index contributed by atoms with van der Waals surface area (Å²) in [6.45, 7) is 19.1. The van der Waals surface area contributed by atoms with Crippen LogP contribution in [0.3, 0.4) is 0 Å². The van der Waals surface area contributed by atoms with Crippen molar-refractivity contribution >= 4 is 47.5 Å². The molecule has 4 amide bonds. The second kappa shape index (κ2) is 30.5. The Morgan fingerprint density at radius 1 is 0.490 bits per heavy atom.